The summed E-state index contributed by atoms with van der Waals surface area (Å²) >= 11 is 0. The standard InChI is InChI=1S/C11H24N2/c1-11(2,3)13(4)8-6-10-5-7-12-9-10/h10,12H,5-9H2,1-4H3. The van der Waals surface area contributed by atoms with Gasteiger partial charge in [0.05, 0.1) is 0 Å². The van der Waals surface area contributed by atoms with Crippen LogP contribution in [0.4, 0.5) is 0 Å². The minimum atomic E-state index is 0.325. The van der Waals surface area contributed by atoms with Crippen molar-refractivity contribution in [3.05, 3.63) is 0 Å². The largest absolute Gasteiger partial charge is 0.316 e. The van der Waals surface area contributed by atoms with Gasteiger partial charge >= 0.3 is 0 Å². The molecule has 1 fully saturated rings. The van der Waals surface area contributed by atoms with E-state index in [-0.39, 0.29) is 0 Å². The van der Waals surface area contributed by atoms with E-state index >= 15 is 0 Å². The Morgan fingerprint density at radius 3 is 2.54 bits per heavy atom. The van der Waals surface area contributed by atoms with Crippen LogP contribution < -0.4 is 5.32 Å². The molecular formula is C11H24N2. The molecule has 0 saturated carbocycles. The molecule has 1 saturated heterocycles. The number of rotatable bonds is 3. The van der Waals surface area contributed by atoms with Crippen LogP contribution in [0.1, 0.15) is 33.6 Å². The van der Waals surface area contributed by atoms with Crippen LogP contribution in [0.25, 0.3) is 0 Å². The van der Waals surface area contributed by atoms with Crippen molar-refractivity contribution in [2.24, 2.45) is 5.92 Å². The summed E-state index contributed by atoms with van der Waals surface area (Å²) in [5.74, 6) is 0.921. The molecule has 1 atom stereocenters. The summed E-state index contributed by atoms with van der Waals surface area (Å²) in [7, 11) is 2.22. The molecule has 1 N–H and O–H groups in total. The Labute approximate surface area is 82.7 Å². The van der Waals surface area contributed by atoms with Crippen molar-refractivity contribution in [3.63, 3.8) is 0 Å². The lowest BCUT2D eigenvalue weighted by atomic mass is 10.0. The van der Waals surface area contributed by atoms with Crippen LogP contribution in [0.5, 0.6) is 0 Å². The lowest BCUT2D eigenvalue weighted by Crippen LogP contribution is -2.39. The quantitative estimate of drug-likeness (QED) is 0.718. The molecule has 1 aliphatic rings. The molecule has 0 aromatic carbocycles. The van der Waals surface area contributed by atoms with E-state index < -0.39 is 0 Å². The molecule has 1 heterocycles. The van der Waals surface area contributed by atoms with E-state index in [2.05, 4.69) is 38.0 Å². The molecule has 78 valence electrons. The summed E-state index contributed by atoms with van der Waals surface area (Å²) in [6, 6.07) is 0. The fourth-order valence-electron chi connectivity index (χ4n) is 1.67. The second-order valence-electron chi connectivity index (χ2n) is 5.24. The third-order valence-electron chi connectivity index (χ3n) is 3.18. The number of nitrogens with zero attached hydrogens (tertiary/aromatic N) is 1. The van der Waals surface area contributed by atoms with E-state index in [4.69, 9.17) is 0 Å². The number of hydrogen-bond donors (Lipinski definition) is 1. The van der Waals surface area contributed by atoms with Crippen molar-refractivity contribution in [2.45, 2.75) is 39.2 Å². The second kappa shape index (κ2) is 4.43. The molecule has 2 heteroatoms. The lowest BCUT2D eigenvalue weighted by molar-refractivity contribution is 0.165. The SMILES string of the molecule is CN(CCC1CCNC1)C(C)(C)C. The van der Waals surface area contributed by atoms with Crippen molar-refractivity contribution in [1.82, 2.24) is 10.2 Å². The van der Waals surface area contributed by atoms with E-state index in [0.29, 0.717) is 5.54 Å². The fraction of sp³-hybridized carbons (Fsp3) is 1.00. The van der Waals surface area contributed by atoms with Gasteiger partial charge in [-0.15, -0.1) is 0 Å². The highest BCUT2D eigenvalue weighted by atomic mass is 15.2. The highest BCUT2D eigenvalue weighted by Crippen LogP contribution is 2.16. The van der Waals surface area contributed by atoms with Crippen LogP contribution in [0.2, 0.25) is 0 Å². The smallest absolute Gasteiger partial charge is 0.0122 e. The van der Waals surface area contributed by atoms with Gasteiger partial charge < -0.3 is 10.2 Å². The maximum atomic E-state index is 3.42. The number of hydrogen-bond acceptors (Lipinski definition) is 2. The highest BCUT2D eigenvalue weighted by Gasteiger charge is 2.19. The molecule has 0 radical (unpaired) electrons. The monoisotopic (exact) mass is 184 g/mol. The van der Waals surface area contributed by atoms with E-state index in [9.17, 15) is 0 Å². The molecule has 2 nitrogen and oxygen atoms in total. The van der Waals surface area contributed by atoms with Crippen LogP contribution in [-0.4, -0.2) is 37.1 Å². The minimum Gasteiger partial charge on any atom is -0.316 e. The Morgan fingerprint density at radius 1 is 1.38 bits per heavy atom. The Bertz CT molecular complexity index is 143. The Hall–Kier alpha value is -0.0800. The summed E-state index contributed by atoms with van der Waals surface area (Å²) in [6.07, 6.45) is 2.72. The normalized spacial score (nSPS) is 24.2. The summed E-state index contributed by atoms with van der Waals surface area (Å²) in [5, 5.41) is 3.42. The summed E-state index contributed by atoms with van der Waals surface area (Å²) in [6.45, 7) is 10.5. The first-order valence-corrected chi connectivity index (χ1v) is 5.42. The van der Waals surface area contributed by atoms with Crippen molar-refractivity contribution < 1.29 is 0 Å². The zero-order valence-electron chi connectivity index (χ0n) is 9.56. The molecule has 1 unspecified atom stereocenters. The van der Waals surface area contributed by atoms with Gasteiger partial charge in [0.1, 0.15) is 0 Å². The third-order valence-corrected chi connectivity index (χ3v) is 3.18. The molecule has 1 rings (SSSR count). The molecule has 0 aromatic rings. The van der Waals surface area contributed by atoms with Crippen molar-refractivity contribution >= 4 is 0 Å². The van der Waals surface area contributed by atoms with Crippen LogP contribution in [0.15, 0.2) is 0 Å². The molecule has 13 heavy (non-hydrogen) atoms. The first kappa shape index (κ1) is 11.0. The minimum absolute atomic E-state index is 0.325. The second-order valence-corrected chi connectivity index (χ2v) is 5.24. The van der Waals surface area contributed by atoms with Gasteiger partial charge in [-0.25, -0.2) is 0 Å². The zero-order chi connectivity index (χ0) is 9.90. The molecule has 1 aliphatic heterocycles. The third kappa shape index (κ3) is 3.65. The number of nitrogens with one attached hydrogen (secondary N) is 1. The van der Waals surface area contributed by atoms with Crippen molar-refractivity contribution in [2.75, 3.05) is 26.7 Å². The van der Waals surface area contributed by atoms with Gasteiger partial charge in [0.2, 0.25) is 0 Å². The highest BCUT2D eigenvalue weighted by molar-refractivity contribution is 4.76. The molecular weight excluding hydrogens is 160 g/mol. The van der Waals surface area contributed by atoms with E-state index in [1.54, 1.807) is 0 Å². The maximum absolute atomic E-state index is 3.42. The Kier molecular flexibility index (Phi) is 3.74. The lowest BCUT2D eigenvalue weighted by Gasteiger charge is -2.32. The first-order chi connectivity index (χ1) is 6.00. The summed E-state index contributed by atoms with van der Waals surface area (Å²) in [5.41, 5.74) is 0.325. The van der Waals surface area contributed by atoms with E-state index in [1.807, 2.05) is 0 Å². The van der Waals surface area contributed by atoms with E-state index in [1.165, 1.54) is 32.5 Å². The van der Waals surface area contributed by atoms with Gasteiger partial charge in [-0.05, 0) is 66.2 Å². The van der Waals surface area contributed by atoms with Crippen molar-refractivity contribution in [3.8, 4) is 0 Å². The van der Waals surface area contributed by atoms with Gasteiger partial charge in [0, 0.05) is 5.54 Å². The average molecular weight is 184 g/mol. The average Bonchev–Trinajstić information content (AvgIpc) is 2.50. The molecule has 0 bridgehead atoms. The van der Waals surface area contributed by atoms with Gasteiger partial charge in [0.25, 0.3) is 0 Å². The molecule has 0 spiro atoms. The van der Waals surface area contributed by atoms with Crippen molar-refractivity contribution in [1.29, 1.82) is 0 Å². The summed E-state index contributed by atoms with van der Waals surface area (Å²) in [4.78, 5) is 2.45. The zero-order valence-corrected chi connectivity index (χ0v) is 9.56. The molecule has 0 amide bonds. The van der Waals surface area contributed by atoms with E-state index in [0.717, 1.165) is 5.92 Å². The molecule has 0 aromatic heterocycles. The van der Waals surface area contributed by atoms with Gasteiger partial charge in [-0.1, -0.05) is 0 Å². The Morgan fingerprint density at radius 2 is 2.08 bits per heavy atom. The predicted molar refractivity (Wildman–Crippen MR) is 58.0 cm³/mol. The van der Waals surface area contributed by atoms with Gasteiger partial charge in [-0.3, -0.25) is 0 Å². The fourth-order valence-corrected chi connectivity index (χ4v) is 1.67. The predicted octanol–water partition coefficient (Wildman–Crippen LogP) is 1.72. The summed E-state index contributed by atoms with van der Waals surface area (Å²) < 4.78 is 0. The van der Waals surface area contributed by atoms with Gasteiger partial charge in [0.15, 0.2) is 0 Å². The van der Waals surface area contributed by atoms with Crippen LogP contribution in [-0.2, 0) is 0 Å². The topological polar surface area (TPSA) is 15.3 Å². The molecule has 0 aliphatic carbocycles. The maximum Gasteiger partial charge on any atom is 0.0122 e. The van der Waals surface area contributed by atoms with Crippen LogP contribution >= 0.6 is 0 Å². The first-order valence-electron chi connectivity index (χ1n) is 5.42. The van der Waals surface area contributed by atoms with Crippen LogP contribution in [0.3, 0.4) is 0 Å². The van der Waals surface area contributed by atoms with Gasteiger partial charge in [-0.2, -0.15) is 0 Å². The van der Waals surface area contributed by atoms with Crippen LogP contribution in [0, 0.1) is 5.92 Å². The Balaban J connectivity index is 2.17.